The number of nitrogens with one attached hydrogen (secondary N) is 1. The van der Waals surface area contributed by atoms with E-state index in [0.29, 0.717) is 18.0 Å². The number of carbonyl (C=O) groups excluding carboxylic acids is 3. The SMILES string of the molecule is CCCC(=O)Nc1nc(C(=NOC(C)(C)C(=O)OC(C)(C)C)C(=O)OCC)cs1. The number of aromatic nitrogens is 1. The second-order valence-corrected chi connectivity index (χ2v) is 8.46. The first-order valence-corrected chi connectivity index (χ1v) is 10.2. The van der Waals surface area contributed by atoms with Crippen LogP contribution in [-0.2, 0) is 28.7 Å². The van der Waals surface area contributed by atoms with Crippen LogP contribution in [0.1, 0.15) is 67.0 Å². The van der Waals surface area contributed by atoms with E-state index < -0.39 is 23.1 Å². The predicted molar refractivity (Wildman–Crippen MR) is 110 cm³/mol. The van der Waals surface area contributed by atoms with Crippen LogP contribution in [0.2, 0.25) is 0 Å². The Morgan fingerprint density at radius 3 is 2.38 bits per heavy atom. The van der Waals surface area contributed by atoms with Crippen LogP contribution >= 0.6 is 11.3 Å². The van der Waals surface area contributed by atoms with Crippen LogP contribution in [0, 0.1) is 0 Å². The number of nitrogens with zero attached hydrogens (tertiary/aromatic N) is 2. The van der Waals surface area contributed by atoms with Crippen molar-refractivity contribution >= 4 is 40.0 Å². The molecule has 0 atom stereocenters. The van der Waals surface area contributed by atoms with Crippen LogP contribution in [0.4, 0.5) is 5.13 Å². The minimum absolute atomic E-state index is 0.123. The summed E-state index contributed by atoms with van der Waals surface area (Å²) in [6, 6.07) is 0. The molecule has 0 saturated carbocycles. The number of ether oxygens (including phenoxy) is 2. The Hall–Kier alpha value is -2.49. The van der Waals surface area contributed by atoms with Crippen molar-refractivity contribution in [2.24, 2.45) is 5.16 Å². The quantitative estimate of drug-likeness (QED) is 0.365. The summed E-state index contributed by atoms with van der Waals surface area (Å²) in [5.41, 5.74) is -2.19. The Morgan fingerprint density at radius 1 is 1.17 bits per heavy atom. The molecule has 9 nitrogen and oxygen atoms in total. The Bertz CT molecular complexity index is 764. The van der Waals surface area contributed by atoms with Crippen LogP contribution in [-0.4, -0.2) is 46.4 Å². The van der Waals surface area contributed by atoms with Crippen molar-refractivity contribution in [3.8, 4) is 0 Å². The first-order valence-electron chi connectivity index (χ1n) is 9.32. The fraction of sp³-hybridized carbons (Fsp3) is 0.632. The summed E-state index contributed by atoms with van der Waals surface area (Å²) in [5, 5.41) is 8.35. The van der Waals surface area contributed by atoms with Gasteiger partial charge in [0.1, 0.15) is 11.3 Å². The predicted octanol–water partition coefficient (Wildman–Crippen LogP) is 3.29. The lowest BCUT2D eigenvalue weighted by molar-refractivity contribution is -0.179. The molecule has 10 heteroatoms. The average Bonchev–Trinajstić information content (AvgIpc) is 3.01. The van der Waals surface area contributed by atoms with E-state index in [1.165, 1.54) is 13.8 Å². The maximum absolute atomic E-state index is 12.3. The second-order valence-electron chi connectivity index (χ2n) is 7.60. The molecule has 1 N–H and O–H groups in total. The number of hydrogen-bond donors (Lipinski definition) is 1. The molecule has 1 aromatic heterocycles. The summed E-state index contributed by atoms with van der Waals surface area (Å²) in [6.45, 7) is 11.8. The van der Waals surface area contributed by atoms with E-state index in [0.717, 1.165) is 11.3 Å². The van der Waals surface area contributed by atoms with Crippen LogP contribution in [0.15, 0.2) is 10.5 Å². The summed E-state index contributed by atoms with van der Waals surface area (Å²) in [4.78, 5) is 45.9. The molecule has 0 aliphatic carbocycles. The van der Waals surface area contributed by atoms with Gasteiger partial charge in [0.05, 0.1) is 6.61 Å². The molecular weight excluding hydrogens is 398 g/mol. The van der Waals surface area contributed by atoms with Gasteiger partial charge in [0.2, 0.25) is 17.2 Å². The van der Waals surface area contributed by atoms with E-state index in [1.807, 2.05) is 6.92 Å². The zero-order valence-electron chi connectivity index (χ0n) is 18.0. The topological polar surface area (TPSA) is 116 Å². The highest BCUT2D eigenvalue weighted by atomic mass is 32.1. The van der Waals surface area contributed by atoms with Gasteiger partial charge in [-0.15, -0.1) is 11.3 Å². The number of rotatable bonds is 9. The fourth-order valence-corrected chi connectivity index (χ4v) is 2.55. The van der Waals surface area contributed by atoms with Crippen molar-refractivity contribution in [3.63, 3.8) is 0 Å². The third-order valence-electron chi connectivity index (χ3n) is 3.19. The molecule has 0 spiro atoms. The van der Waals surface area contributed by atoms with Crippen molar-refractivity contribution in [1.29, 1.82) is 0 Å². The highest BCUT2D eigenvalue weighted by Crippen LogP contribution is 2.20. The molecule has 0 saturated heterocycles. The molecule has 0 unspecified atom stereocenters. The largest absolute Gasteiger partial charge is 0.461 e. The lowest BCUT2D eigenvalue weighted by atomic mass is 10.1. The van der Waals surface area contributed by atoms with Gasteiger partial charge in [-0.2, -0.15) is 0 Å². The van der Waals surface area contributed by atoms with Crippen molar-refractivity contribution in [2.75, 3.05) is 11.9 Å². The Balaban J connectivity index is 3.07. The van der Waals surface area contributed by atoms with E-state index >= 15 is 0 Å². The van der Waals surface area contributed by atoms with Gasteiger partial charge in [0.25, 0.3) is 0 Å². The second kappa shape index (κ2) is 10.3. The third-order valence-corrected chi connectivity index (χ3v) is 3.95. The maximum atomic E-state index is 12.3. The molecule has 0 aliphatic heterocycles. The minimum atomic E-state index is -1.45. The molecule has 0 bridgehead atoms. The van der Waals surface area contributed by atoms with Crippen molar-refractivity contribution in [3.05, 3.63) is 11.1 Å². The third kappa shape index (κ3) is 8.18. The highest BCUT2D eigenvalue weighted by molar-refractivity contribution is 7.14. The van der Waals surface area contributed by atoms with Crippen LogP contribution in [0.3, 0.4) is 0 Å². The molecule has 29 heavy (non-hydrogen) atoms. The zero-order valence-corrected chi connectivity index (χ0v) is 18.8. The van der Waals surface area contributed by atoms with E-state index in [9.17, 15) is 14.4 Å². The van der Waals surface area contributed by atoms with Gasteiger partial charge in [0, 0.05) is 11.8 Å². The van der Waals surface area contributed by atoms with E-state index in [2.05, 4.69) is 15.5 Å². The molecule has 0 fully saturated rings. The first kappa shape index (κ1) is 24.5. The number of anilines is 1. The molecule has 0 aromatic carbocycles. The molecule has 1 amide bonds. The van der Waals surface area contributed by atoms with Crippen LogP contribution in [0.5, 0.6) is 0 Å². The van der Waals surface area contributed by atoms with Gasteiger partial charge >= 0.3 is 11.9 Å². The lowest BCUT2D eigenvalue weighted by Gasteiger charge is -2.26. The van der Waals surface area contributed by atoms with Gasteiger partial charge in [-0.25, -0.2) is 14.6 Å². The van der Waals surface area contributed by atoms with Gasteiger partial charge in [-0.1, -0.05) is 12.1 Å². The summed E-state index contributed by atoms with van der Waals surface area (Å²) in [5.74, 6) is -1.57. The normalized spacial score (nSPS) is 12.3. The number of oxime groups is 1. The number of hydrogen-bond acceptors (Lipinski definition) is 9. The maximum Gasteiger partial charge on any atom is 0.362 e. The van der Waals surface area contributed by atoms with Gasteiger partial charge in [0.15, 0.2) is 5.13 Å². The number of amides is 1. The molecule has 0 radical (unpaired) electrons. The number of esters is 2. The monoisotopic (exact) mass is 427 g/mol. The average molecular weight is 428 g/mol. The summed E-state index contributed by atoms with van der Waals surface area (Å²) in [7, 11) is 0. The van der Waals surface area contributed by atoms with Crippen molar-refractivity contribution in [1.82, 2.24) is 4.98 Å². The zero-order chi connectivity index (χ0) is 22.2. The van der Waals surface area contributed by atoms with E-state index in [1.54, 1.807) is 33.1 Å². The van der Waals surface area contributed by atoms with Crippen LogP contribution < -0.4 is 5.32 Å². The summed E-state index contributed by atoms with van der Waals surface area (Å²) in [6.07, 6.45) is 1.06. The highest BCUT2D eigenvalue weighted by Gasteiger charge is 2.36. The Labute approximate surface area is 174 Å². The smallest absolute Gasteiger partial charge is 0.362 e. The molecule has 1 rings (SSSR count). The lowest BCUT2D eigenvalue weighted by Crippen LogP contribution is -2.40. The Kier molecular flexibility index (Phi) is 8.75. The molecular formula is C19H29N3O6S. The molecule has 162 valence electrons. The summed E-state index contributed by atoms with van der Waals surface area (Å²) < 4.78 is 10.3. The van der Waals surface area contributed by atoms with Crippen LogP contribution in [0.25, 0.3) is 0 Å². The molecule has 1 heterocycles. The molecule has 1 aromatic rings. The number of carbonyl (C=O) groups is 3. The van der Waals surface area contributed by atoms with E-state index in [-0.39, 0.29) is 23.9 Å². The standard InChI is InChI=1S/C19H29N3O6S/c1-8-10-13(23)21-17-20-12(11-29-17)14(15(24)26-9-2)22-28-19(6,7)16(25)27-18(3,4)5/h11H,8-10H2,1-7H3,(H,20,21,23). The molecule has 0 aliphatic rings. The Morgan fingerprint density at radius 2 is 1.83 bits per heavy atom. The fourth-order valence-electron chi connectivity index (χ4n) is 1.83. The first-order chi connectivity index (χ1) is 13.4. The van der Waals surface area contributed by atoms with Crippen molar-refractivity contribution in [2.45, 2.75) is 72.5 Å². The van der Waals surface area contributed by atoms with Gasteiger partial charge < -0.3 is 19.6 Å². The minimum Gasteiger partial charge on any atom is -0.461 e. The van der Waals surface area contributed by atoms with Crippen molar-refractivity contribution < 1.29 is 28.7 Å². The summed E-state index contributed by atoms with van der Waals surface area (Å²) >= 11 is 1.14. The van der Waals surface area contributed by atoms with Gasteiger partial charge in [-0.05, 0) is 48.0 Å². The van der Waals surface area contributed by atoms with Gasteiger partial charge in [-0.3, -0.25) is 4.79 Å². The number of thiazole rings is 1. The van der Waals surface area contributed by atoms with E-state index in [4.69, 9.17) is 14.3 Å².